The van der Waals surface area contributed by atoms with Gasteiger partial charge >= 0.3 is 0 Å². The van der Waals surface area contributed by atoms with Crippen LogP contribution in [0.5, 0.6) is 0 Å². The van der Waals surface area contributed by atoms with Gasteiger partial charge in [0.25, 0.3) is 10.2 Å². The highest BCUT2D eigenvalue weighted by Crippen LogP contribution is 2.23. The predicted octanol–water partition coefficient (Wildman–Crippen LogP) is 2.16. The summed E-state index contributed by atoms with van der Waals surface area (Å²) in [6, 6.07) is 0. The quantitative estimate of drug-likeness (QED) is 0.746. The molecule has 1 heterocycles. The van der Waals surface area contributed by atoms with Crippen molar-refractivity contribution in [2.45, 2.75) is 33.6 Å². The molecule has 6 heteroatoms. The molecule has 0 N–H and O–H groups in total. The molecule has 0 saturated carbocycles. The van der Waals surface area contributed by atoms with Gasteiger partial charge in [0.05, 0.1) is 0 Å². The Morgan fingerprint density at radius 2 is 1.78 bits per heavy atom. The SMILES string of the molecule is CN(CC(C)(C)C)S(=O)(=O)N1CCC(CCl)CC1. The third-order valence-electron chi connectivity index (χ3n) is 3.21. The van der Waals surface area contributed by atoms with Crippen molar-refractivity contribution in [3.8, 4) is 0 Å². The lowest BCUT2D eigenvalue weighted by atomic mass is 9.97. The van der Waals surface area contributed by atoms with E-state index in [-0.39, 0.29) is 5.41 Å². The maximum absolute atomic E-state index is 12.4. The minimum absolute atomic E-state index is 0.0315. The number of nitrogens with zero attached hydrogens (tertiary/aromatic N) is 2. The Kier molecular flexibility index (Phi) is 5.47. The van der Waals surface area contributed by atoms with Crippen LogP contribution in [-0.2, 0) is 10.2 Å². The van der Waals surface area contributed by atoms with Crippen molar-refractivity contribution in [1.82, 2.24) is 8.61 Å². The lowest BCUT2D eigenvalue weighted by molar-refractivity contribution is 0.251. The van der Waals surface area contributed by atoms with Gasteiger partial charge in [0.1, 0.15) is 0 Å². The summed E-state index contributed by atoms with van der Waals surface area (Å²) in [7, 11) is -1.64. The molecule has 0 aliphatic carbocycles. The van der Waals surface area contributed by atoms with E-state index in [4.69, 9.17) is 11.6 Å². The summed E-state index contributed by atoms with van der Waals surface area (Å²) in [5.74, 6) is 1.09. The van der Waals surface area contributed by atoms with Gasteiger partial charge in [0.15, 0.2) is 0 Å². The van der Waals surface area contributed by atoms with Crippen molar-refractivity contribution in [2.75, 3.05) is 32.6 Å². The molecule has 18 heavy (non-hydrogen) atoms. The first-order valence-electron chi connectivity index (χ1n) is 6.44. The fraction of sp³-hybridized carbons (Fsp3) is 1.00. The Morgan fingerprint density at radius 1 is 1.28 bits per heavy atom. The zero-order chi connectivity index (χ0) is 14.0. The molecule has 0 aromatic rings. The molecule has 1 saturated heterocycles. The predicted molar refractivity (Wildman–Crippen MR) is 76.0 cm³/mol. The largest absolute Gasteiger partial charge is 0.281 e. The van der Waals surface area contributed by atoms with E-state index < -0.39 is 10.2 Å². The Balaban J connectivity index is 2.64. The molecule has 0 unspecified atom stereocenters. The molecule has 1 aliphatic rings. The second-order valence-electron chi connectivity index (χ2n) is 6.32. The van der Waals surface area contributed by atoms with Crippen LogP contribution >= 0.6 is 11.6 Å². The highest BCUT2D eigenvalue weighted by Gasteiger charge is 2.32. The first-order valence-corrected chi connectivity index (χ1v) is 8.37. The van der Waals surface area contributed by atoms with Crippen LogP contribution in [0.2, 0.25) is 0 Å². The first kappa shape index (κ1) is 16.2. The normalized spacial score (nSPS) is 20.6. The van der Waals surface area contributed by atoms with Gasteiger partial charge in [0, 0.05) is 32.6 Å². The van der Waals surface area contributed by atoms with E-state index in [1.54, 1.807) is 11.4 Å². The minimum atomic E-state index is -3.30. The van der Waals surface area contributed by atoms with E-state index in [0.717, 1.165) is 12.8 Å². The molecule has 108 valence electrons. The average molecular weight is 297 g/mol. The topological polar surface area (TPSA) is 40.6 Å². The Bertz CT molecular complexity index is 357. The molecule has 0 aromatic carbocycles. The molecule has 1 aliphatic heterocycles. The van der Waals surface area contributed by atoms with E-state index in [9.17, 15) is 8.42 Å². The third kappa shape index (κ3) is 4.37. The van der Waals surface area contributed by atoms with E-state index in [1.807, 2.05) is 20.8 Å². The summed E-state index contributed by atoms with van der Waals surface area (Å²) in [4.78, 5) is 0. The summed E-state index contributed by atoms with van der Waals surface area (Å²) in [6.07, 6.45) is 1.73. The number of rotatable bonds is 4. The van der Waals surface area contributed by atoms with Crippen molar-refractivity contribution in [3.05, 3.63) is 0 Å². The minimum Gasteiger partial charge on any atom is -0.195 e. The molecule has 0 atom stereocenters. The number of hydrogen-bond donors (Lipinski definition) is 0. The molecule has 1 rings (SSSR count). The molecule has 0 spiro atoms. The Morgan fingerprint density at radius 3 is 2.17 bits per heavy atom. The van der Waals surface area contributed by atoms with Crippen LogP contribution in [0.15, 0.2) is 0 Å². The molecule has 4 nitrogen and oxygen atoms in total. The zero-order valence-corrected chi connectivity index (χ0v) is 13.4. The molecule has 0 radical (unpaired) electrons. The highest BCUT2D eigenvalue weighted by molar-refractivity contribution is 7.86. The fourth-order valence-corrected chi connectivity index (χ4v) is 4.17. The summed E-state index contributed by atoms with van der Waals surface area (Å²) in [6.45, 7) is 7.84. The maximum Gasteiger partial charge on any atom is 0.281 e. The number of halogens is 1. The van der Waals surface area contributed by atoms with Crippen molar-refractivity contribution >= 4 is 21.8 Å². The van der Waals surface area contributed by atoms with E-state index in [2.05, 4.69) is 0 Å². The van der Waals surface area contributed by atoms with Crippen LogP contribution in [0.4, 0.5) is 0 Å². The summed E-state index contributed by atoms with van der Waals surface area (Å²) in [5, 5.41) is 0. The van der Waals surface area contributed by atoms with Crippen LogP contribution < -0.4 is 0 Å². The van der Waals surface area contributed by atoms with Gasteiger partial charge in [-0.2, -0.15) is 17.0 Å². The summed E-state index contributed by atoms with van der Waals surface area (Å²) in [5.41, 5.74) is -0.0315. The molecular weight excluding hydrogens is 272 g/mol. The summed E-state index contributed by atoms with van der Waals surface area (Å²) < 4.78 is 27.8. The lowest BCUT2D eigenvalue weighted by Gasteiger charge is -2.35. The number of alkyl halides is 1. The van der Waals surface area contributed by atoms with E-state index in [1.165, 1.54) is 4.31 Å². The molecule has 0 aromatic heterocycles. The van der Waals surface area contributed by atoms with Crippen molar-refractivity contribution in [3.63, 3.8) is 0 Å². The molecular formula is C12H25ClN2O2S. The van der Waals surface area contributed by atoms with Gasteiger partial charge in [-0.15, -0.1) is 11.6 Å². The Hall–Kier alpha value is 0.160. The zero-order valence-electron chi connectivity index (χ0n) is 11.8. The van der Waals surface area contributed by atoms with Crippen molar-refractivity contribution in [2.24, 2.45) is 11.3 Å². The van der Waals surface area contributed by atoms with E-state index in [0.29, 0.717) is 31.4 Å². The van der Waals surface area contributed by atoms with Crippen LogP contribution in [0.25, 0.3) is 0 Å². The third-order valence-corrected chi connectivity index (χ3v) is 5.58. The van der Waals surface area contributed by atoms with Crippen LogP contribution in [-0.4, -0.2) is 49.6 Å². The molecule has 0 amide bonds. The highest BCUT2D eigenvalue weighted by atomic mass is 35.5. The molecule has 1 fully saturated rings. The van der Waals surface area contributed by atoms with Gasteiger partial charge in [-0.3, -0.25) is 0 Å². The average Bonchev–Trinajstić information content (AvgIpc) is 2.27. The van der Waals surface area contributed by atoms with Gasteiger partial charge in [-0.25, -0.2) is 0 Å². The Labute approximate surface area is 116 Å². The fourth-order valence-electron chi connectivity index (χ4n) is 2.24. The van der Waals surface area contributed by atoms with E-state index >= 15 is 0 Å². The first-order chi connectivity index (χ1) is 8.16. The van der Waals surface area contributed by atoms with Gasteiger partial charge in [-0.1, -0.05) is 20.8 Å². The van der Waals surface area contributed by atoms with Crippen LogP contribution in [0.3, 0.4) is 0 Å². The van der Waals surface area contributed by atoms with Crippen molar-refractivity contribution < 1.29 is 8.42 Å². The standard InChI is InChI=1S/C12H25ClN2O2S/c1-12(2,3)10-14(4)18(16,17)15-7-5-11(9-13)6-8-15/h11H,5-10H2,1-4H3. The maximum atomic E-state index is 12.4. The van der Waals surface area contributed by atoms with Gasteiger partial charge in [0.2, 0.25) is 0 Å². The van der Waals surface area contributed by atoms with Crippen LogP contribution in [0, 0.1) is 11.3 Å². The number of hydrogen-bond acceptors (Lipinski definition) is 2. The van der Waals surface area contributed by atoms with Crippen molar-refractivity contribution in [1.29, 1.82) is 0 Å². The monoisotopic (exact) mass is 296 g/mol. The molecule has 0 bridgehead atoms. The summed E-state index contributed by atoms with van der Waals surface area (Å²) >= 11 is 5.81. The number of piperidine rings is 1. The van der Waals surface area contributed by atoms with Crippen LogP contribution in [0.1, 0.15) is 33.6 Å². The lowest BCUT2D eigenvalue weighted by Crippen LogP contribution is -2.47. The second-order valence-corrected chi connectivity index (χ2v) is 8.67. The smallest absolute Gasteiger partial charge is 0.195 e. The van der Waals surface area contributed by atoms with Gasteiger partial charge in [-0.05, 0) is 24.2 Å². The second kappa shape index (κ2) is 6.07. The van der Waals surface area contributed by atoms with Gasteiger partial charge < -0.3 is 0 Å².